The van der Waals surface area contributed by atoms with Crippen LogP contribution >= 0.6 is 11.6 Å². The highest BCUT2D eigenvalue weighted by Gasteiger charge is 2.22. The molecule has 0 aliphatic heterocycles. The van der Waals surface area contributed by atoms with Crippen molar-refractivity contribution >= 4 is 33.1 Å². The van der Waals surface area contributed by atoms with Crippen LogP contribution in [0.3, 0.4) is 0 Å². The number of aromatic nitrogens is 2. The van der Waals surface area contributed by atoms with Crippen molar-refractivity contribution in [1.82, 2.24) is 10.2 Å². The van der Waals surface area contributed by atoms with Crippen molar-refractivity contribution in [3.05, 3.63) is 45.1 Å². The Bertz CT molecular complexity index is 787. The summed E-state index contributed by atoms with van der Waals surface area (Å²) in [5.41, 5.74) is 0.409. The average Bonchev–Trinajstić information content (AvgIpc) is 2.84. The van der Waals surface area contributed by atoms with E-state index in [0.717, 1.165) is 18.2 Å². The molecule has 2 aromatic rings. The van der Waals surface area contributed by atoms with Crippen LogP contribution in [-0.4, -0.2) is 23.5 Å². The van der Waals surface area contributed by atoms with E-state index in [1.165, 1.54) is 6.20 Å². The number of sulfonamides is 1. The topological polar surface area (TPSA) is 118 Å². The lowest BCUT2D eigenvalue weighted by atomic mass is 10.3. The lowest BCUT2D eigenvalue weighted by molar-refractivity contribution is -0.384. The maximum absolute atomic E-state index is 12.3. The zero-order valence-electron chi connectivity index (χ0n) is 10.8. The number of H-pyrrole nitrogens is 1. The number of hydrogen-bond acceptors (Lipinski definition) is 5. The van der Waals surface area contributed by atoms with E-state index in [2.05, 4.69) is 14.9 Å². The van der Waals surface area contributed by atoms with Crippen LogP contribution in [0, 0.1) is 10.1 Å². The number of aryl methyl sites for hydroxylation is 1. The predicted octanol–water partition coefficient (Wildman–Crippen LogP) is 2.33. The molecule has 0 spiro atoms. The monoisotopic (exact) mass is 330 g/mol. The van der Waals surface area contributed by atoms with Crippen molar-refractivity contribution in [1.29, 1.82) is 0 Å². The van der Waals surface area contributed by atoms with Gasteiger partial charge < -0.3 is 0 Å². The predicted molar refractivity (Wildman–Crippen MR) is 76.9 cm³/mol. The van der Waals surface area contributed by atoms with Crippen LogP contribution in [0.4, 0.5) is 11.5 Å². The third-order valence-electron chi connectivity index (χ3n) is 2.75. The number of aromatic amines is 1. The fraction of sp³-hybridized carbons (Fsp3) is 0.182. The molecular weight excluding hydrogens is 320 g/mol. The Hall–Kier alpha value is -2.13. The first kappa shape index (κ1) is 15.3. The summed E-state index contributed by atoms with van der Waals surface area (Å²) in [5.74, 6) is 0.243. The zero-order chi connectivity index (χ0) is 15.6. The van der Waals surface area contributed by atoms with Crippen LogP contribution in [0.5, 0.6) is 0 Å². The smallest absolute Gasteiger partial charge is 0.263 e. The Kier molecular flexibility index (Phi) is 4.14. The Morgan fingerprint density at radius 2 is 2.19 bits per heavy atom. The quantitative estimate of drug-likeness (QED) is 0.644. The molecule has 112 valence electrons. The molecule has 0 bridgehead atoms. The van der Waals surface area contributed by atoms with E-state index in [0.29, 0.717) is 12.0 Å². The van der Waals surface area contributed by atoms with E-state index in [1.54, 1.807) is 0 Å². The molecule has 0 aliphatic carbocycles. The number of nitrogens with zero attached hydrogens (tertiary/aromatic N) is 2. The molecule has 0 amide bonds. The van der Waals surface area contributed by atoms with Gasteiger partial charge >= 0.3 is 0 Å². The highest BCUT2D eigenvalue weighted by molar-refractivity contribution is 7.92. The van der Waals surface area contributed by atoms with Crippen molar-refractivity contribution in [3.63, 3.8) is 0 Å². The van der Waals surface area contributed by atoms with Gasteiger partial charge in [-0.2, -0.15) is 5.10 Å². The summed E-state index contributed by atoms with van der Waals surface area (Å²) in [6.45, 7) is 1.85. The molecule has 1 aromatic carbocycles. The Morgan fingerprint density at radius 1 is 1.48 bits per heavy atom. The van der Waals surface area contributed by atoms with E-state index in [9.17, 15) is 18.5 Å². The molecule has 1 heterocycles. The van der Waals surface area contributed by atoms with E-state index in [1.807, 2.05) is 6.92 Å². The number of halogens is 1. The third-order valence-corrected chi connectivity index (χ3v) is 4.58. The number of non-ortho nitro benzene ring substituents is 1. The van der Waals surface area contributed by atoms with Crippen LogP contribution in [-0.2, 0) is 16.4 Å². The SMILES string of the molecule is CCc1cn[nH]c1NS(=O)(=O)c1ccc([N+](=O)[O-])cc1Cl. The normalized spacial score (nSPS) is 11.3. The van der Waals surface area contributed by atoms with Crippen LogP contribution in [0.15, 0.2) is 29.3 Å². The lowest BCUT2D eigenvalue weighted by Crippen LogP contribution is -2.15. The molecule has 0 saturated carbocycles. The summed E-state index contributed by atoms with van der Waals surface area (Å²) >= 11 is 5.82. The van der Waals surface area contributed by atoms with Gasteiger partial charge in [0.05, 0.1) is 16.1 Å². The molecule has 21 heavy (non-hydrogen) atoms. The first-order valence-electron chi connectivity index (χ1n) is 5.84. The highest BCUT2D eigenvalue weighted by atomic mass is 35.5. The van der Waals surface area contributed by atoms with Crippen molar-refractivity contribution in [2.45, 2.75) is 18.2 Å². The fourth-order valence-corrected chi connectivity index (χ4v) is 3.28. The van der Waals surface area contributed by atoms with E-state index >= 15 is 0 Å². The van der Waals surface area contributed by atoms with E-state index in [-0.39, 0.29) is 21.4 Å². The van der Waals surface area contributed by atoms with Crippen molar-refractivity contribution in [2.75, 3.05) is 4.72 Å². The molecule has 2 rings (SSSR count). The molecule has 0 fully saturated rings. The van der Waals surface area contributed by atoms with Crippen molar-refractivity contribution in [2.24, 2.45) is 0 Å². The summed E-state index contributed by atoms with van der Waals surface area (Å²) in [4.78, 5) is 9.73. The van der Waals surface area contributed by atoms with Gasteiger partial charge in [0.15, 0.2) is 0 Å². The number of nitro benzene ring substituents is 1. The number of rotatable bonds is 5. The maximum atomic E-state index is 12.3. The Morgan fingerprint density at radius 3 is 2.76 bits per heavy atom. The van der Waals surface area contributed by atoms with Crippen LogP contribution in [0.25, 0.3) is 0 Å². The van der Waals surface area contributed by atoms with Gasteiger partial charge in [-0.05, 0) is 12.5 Å². The summed E-state index contributed by atoms with van der Waals surface area (Å²) in [7, 11) is -3.96. The molecule has 8 nitrogen and oxygen atoms in total. The van der Waals surface area contributed by atoms with Crippen LogP contribution in [0.2, 0.25) is 5.02 Å². The van der Waals surface area contributed by atoms with Gasteiger partial charge in [0.1, 0.15) is 10.7 Å². The standard InChI is InChI=1S/C11H11ClN4O4S/c1-2-7-6-13-14-11(7)15-21(19,20)10-4-3-8(16(17)18)5-9(10)12/h3-6H,2H2,1H3,(H2,13,14,15). The van der Waals surface area contributed by atoms with E-state index < -0.39 is 14.9 Å². The van der Waals surface area contributed by atoms with Gasteiger partial charge in [0.2, 0.25) is 0 Å². The van der Waals surface area contributed by atoms with Gasteiger partial charge in [-0.1, -0.05) is 18.5 Å². The van der Waals surface area contributed by atoms with E-state index in [4.69, 9.17) is 11.6 Å². The van der Waals surface area contributed by atoms with Crippen LogP contribution in [0.1, 0.15) is 12.5 Å². The first-order valence-corrected chi connectivity index (χ1v) is 7.70. The lowest BCUT2D eigenvalue weighted by Gasteiger charge is -2.09. The molecule has 0 atom stereocenters. The van der Waals surface area contributed by atoms with Gasteiger partial charge in [-0.15, -0.1) is 0 Å². The minimum absolute atomic E-state index is 0.228. The summed E-state index contributed by atoms with van der Waals surface area (Å²) in [5, 5.41) is 16.7. The van der Waals surface area contributed by atoms with Crippen molar-refractivity contribution < 1.29 is 13.3 Å². The van der Waals surface area contributed by atoms with Gasteiger partial charge in [0, 0.05) is 17.7 Å². The number of hydrogen-bond donors (Lipinski definition) is 2. The maximum Gasteiger partial charge on any atom is 0.271 e. The molecule has 2 N–H and O–H groups in total. The minimum atomic E-state index is -3.96. The average molecular weight is 331 g/mol. The Balaban J connectivity index is 2.38. The molecule has 10 heteroatoms. The molecule has 0 aliphatic rings. The number of benzene rings is 1. The molecular formula is C11H11ClN4O4S. The summed E-state index contributed by atoms with van der Waals surface area (Å²) < 4.78 is 26.8. The summed E-state index contributed by atoms with van der Waals surface area (Å²) in [6.07, 6.45) is 2.09. The summed E-state index contributed by atoms with van der Waals surface area (Å²) in [6, 6.07) is 3.16. The number of nitro groups is 1. The molecule has 0 radical (unpaired) electrons. The fourth-order valence-electron chi connectivity index (χ4n) is 1.68. The largest absolute Gasteiger partial charge is 0.271 e. The molecule has 0 unspecified atom stereocenters. The van der Waals surface area contributed by atoms with Gasteiger partial charge in [-0.25, -0.2) is 8.42 Å². The second kappa shape index (κ2) is 5.70. The van der Waals surface area contributed by atoms with Gasteiger partial charge in [-0.3, -0.25) is 19.9 Å². The Labute approximate surface area is 125 Å². The number of nitrogens with one attached hydrogen (secondary N) is 2. The second-order valence-electron chi connectivity index (χ2n) is 4.10. The third kappa shape index (κ3) is 3.14. The van der Waals surface area contributed by atoms with Crippen molar-refractivity contribution in [3.8, 4) is 0 Å². The number of anilines is 1. The van der Waals surface area contributed by atoms with Crippen LogP contribution < -0.4 is 4.72 Å². The molecule has 0 saturated heterocycles. The zero-order valence-corrected chi connectivity index (χ0v) is 12.4. The minimum Gasteiger partial charge on any atom is -0.263 e. The highest BCUT2D eigenvalue weighted by Crippen LogP contribution is 2.28. The van der Waals surface area contributed by atoms with Gasteiger partial charge in [0.25, 0.3) is 15.7 Å². The second-order valence-corrected chi connectivity index (χ2v) is 6.16. The first-order chi connectivity index (χ1) is 9.85. The molecule has 1 aromatic heterocycles.